The van der Waals surface area contributed by atoms with Gasteiger partial charge in [-0.3, -0.25) is 14.5 Å². The van der Waals surface area contributed by atoms with E-state index in [9.17, 15) is 9.59 Å². The highest BCUT2D eigenvalue weighted by Gasteiger charge is 2.59. The van der Waals surface area contributed by atoms with Gasteiger partial charge in [0.05, 0.1) is 37.8 Å². The minimum Gasteiger partial charge on any atom is -0.459 e. The molecular formula is C19H21N3O4. The third-order valence-corrected chi connectivity index (χ3v) is 5.91. The number of amides is 2. The first-order valence-electron chi connectivity index (χ1n) is 9.19. The molecule has 0 radical (unpaired) electrons. The quantitative estimate of drug-likeness (QED) is 0.462. The summed E-state index contributed by atoms with van der Waals surface area (Å²) in [5, 5.41) is 5.20. The van der Waals surface area contributed by atoms with Gasteiger partial charge in [-0.2, -0.15) is 10.1 Å². The van der Waals surface area contributed by atoms with Crippen LogP contribution in [-0.2, 0) is 20.9 Å². The molecule has 2 saturated heterocycles. The van der Waals surface area contributed by atoms with Gasteiger partial charge in [0, 0.05) is 13.1 Å². The summed E-state index contributed by atoms with van der Waals surface area (Å²) in [5.74, 6) is 1.00. The predicted octanol–water partition coefficient (Wildman–Crippen LogP) is 1.25. The molecule has 3 heterocycles. The molecule has 136 valence electrons. The van der Waals surface area contributed by atoms with Crippen LogP contribution in [0.15, 0.2) is 33.8 Å². The fourth-order valence-corrected chi connectivity index (χ4v) is 4.64. The summed E-state index contributed by atoms with van der Waals surface area (Å²) < 4.78 is 11.1. The van der Waals surface area contributed by atoms with Crippen molar-refractivity contribution in [2.24, 2.45) is 28.8 Å². The maximum absolute atomic E-state index is 12.6. The highest BCUT2D eigenvalue weighted by atomic mass is 16.5. The van der Waals surface area contributed by atoms with Crippen LogP contribution in [0.25, 0.3) is 0 Å². The van der Waals surface area contributed by atoms with Crippen molar-refractivity contribution in [3.05, 3.63) is 35.8 Å². The molecule has 1 aromatic heterocycles. The molecule has 0 N–H and O–H groups in total. The smallest absolute Gasteiger partial charge is 0.254 e. The minimum absolute atomic E-state index is 0.173. The molecule has 4 atom stereocenters. The van der Waals surface area contributed by atoms with Crippen LogP contribution in [0.4, 0.5) is 0 Å². The Morgan fingerprint density at radius 1 is 1.08 bits per heavy atom. The van der Waals surface area contributed by atoms with Crippen LogP contribution >= 0.6 is 0 Å². The Bertz CT molecular complexity index is 762. The van der Waals surface area contributed by atoms with E-state index in [1.54, 1.807) is 0 Å². The lowest BCUT2D eigenvalue weighted by molar-refractivity contribution is -0.140. The van der Waals surface area contributed by atoms with Crippen LogP contribution in [0.1, 0.15) is 17.9 Å². The molecule has 2 bridgehead atoms. The topological polar surface area (TPSA) is 75.4 Å². The average Bonchev–Trinajstić information content (AvgIpc) is 3.41. The number of furan rings is 1. The van der Waals surface area contributed by atoms with Gasteiger partial charge in [-0.25, -0.2) is 0 Å². The maximum atomic E-state index is 12.6. The second-order valence-corrected chi connectivity index (χ2v) is 7.43. The second-order valence-electron chi connectivity index (χ2n) is 7.43. The van der Waals surface area contributed by atoms with E-state index in [4.69, 9.17) is 9.15 Å². The van der Waals surface area contributed by atoms with Gasteiger partial charge in [-0.15, -0.1) is 0 Å². The van der Waals surface area contributed by atoms with Crippen LogP contribution in [0.3, 0.4) is 0 Å². The van der Waals surface area contributed by atoms with Crippen molar-refractivity contribution in [1.29, 1.82) is 0 Å². The fourth-order valence-electron chi connectivity index (χ4n) is 4.64. The molecule has 4 unspecified atom stereocenters. The average molecular weight is 355 g/mol. The monoisotopic (exact) mass is 355 g/mol. The molecule has 2 aliphatic heterocycles. The molecule has 7 nitrogen and oxygen atoms in total. The lowest BCUT2D eigenvalue weighted by Crippen LogP contribution is -2.35. The van der Waals surface area contributed by atoms with E-state index in [1.165, 1.54) is 6.21 Å². The zero-order valence-electron chi connectivity index (χ0n) is 14.4. The Labute approximate surface area is 151 Å². The van der Waals surface area contributed by atoms with Crippen LogP contribution in [0, 0.1) is 23.7 Å². The zero-order chi connectivity index (χ0) is 17.7. The molecule has 7 heteroatoms. The van der Waals surface area contributed by atoms with E-state index in [0.29, 0.717) is 5.76 Å². The summed E-state index contributed by atoms with van der Waals surface area (Å²) in [4.78, 5) is 27.4. The van der Waals surface area contributed by atoms with Gasteiger partial charge in [-0.1, -0.05) is 12.2 Å². The zero-order valence-corrected chi connectivity index (χ0v) is 14.4. The van der Waals surface area contributed by atoms with Crippen LogP contribution in [0.2, 0.25) is 0 Å². The van der Waals surface area contributed by atoms with Gasteiger partial charge in [0.25, 0.3) is 11.8 Å². The lowest BCUT2D eigenvalue weighted by atomic mass is 9.85. The minimum atomic E-state index is -0.219. The molecule has 1 saturated carbocycles. The molecule has 26 heavy (non-hydrogen) atoms. The number of ether oxygens (including phenoxy) is 1. The number of nitrogens with zero attached hydrogens (tertiary/aromatic N) is 3. The SMILES string of the molecule is O=C1C2C3C=CC(C3)C2C(=O)N1/N=C/c1ccc(CN2CCOCC2)o1. The first-order chi connectivity index (χ1) is 12.7. The number of hydrogen-bond donors (Lipinski definition) is 0. The first-order valence-corrected chi connectivity index (χ1v) is 9.19. The van der Waals surface area contributed by atoms with Gasteiger partial charge < -0.3 is 9.15 Å². The van der Waals surface area contributed by atoms with E-state index < -0.39 is 0 Å². The summed E-state index contributed by atoms with van der Waals surface area (Å²) in [6.45, 7) is 3.98. The largest absolute Gasteiger partial charge is 0.459 e. The predicted molar refractivity (Wildman–Crippen MR) is 92.0 cm³/mol. The summed E-state index contributed by atoms with van der Waals surface area (Å²) in [6.07, 6.45) is 6.55. The molecule has 2 amide bonds. The molecule has 2 aliphatic carbocycles. The van der Waals surface area contributed by atoms with Crippen molar-refractivity contribution in [3.63, 3.8) is 0 Å². The first kappa shape index (κ1) is 16.0. The second kappa shape index (κ2) is 6.17. The van der Waals surface area contributed by atoms with Gasteiger partial charge in [0.15, 0.2) is 0 Å². The van der Waals surface area contributed by atoms with Crippen molar-refractivity contribution in [3.8, 4) is 0 Å². The highest BCUT2D eigenvalue weighted by Crippen LogP contribution is 2.52. The Kier molecular flexibility index (Phi) is 3.79. The number of carbonyl (C=O) groups is 2. The molecule has 5 rings (SSSR count). The molecule has 0 aromatic carbocycles. The van der Waals surface area contributed by atoms with E-state index in [0.717, 1.165) is 50.0 Å². The Morgan fingerprint density at radius 3 is 2.46 bits per heavy atom. The van der Waals surface area contributed by atoms with Gasteiger partial charge in [0.1, 0.15) is 11.5 Å². The van der Waals surface area contributed by atoms with E-state index in [-0.39, 0.29) is 35.5 Å². The number of hydrogen-bond acceptors (Lipinski definition) is 6. The summed E-state index contributed by atoms with van der Waals surface area (Å²) in [5.41, 5.74) is 0. The van der Waals surface area contributed by atoms with Gasteiger partial charge >= 0.3 is 0 Å². The molecule has 0 spiro atoms. The number of carbonyl (C=O) groups excluding carboxylic acids is 2. The Morgan fingerprint density at radius 2 is 1.77 bits per heavy atom. The number of fused-ring (bicyclic) bond motifs is 5. The third kappa shape index (κ3) is 2.54. The van der Waals surface area contributed by atoms with Crippen LogP contribution in [0.5, 0.6) is 0 Å². The third-order valence-electron chi connectivity index (χ3n) is 5.91. The summed E-state index contributed by atoms with van der Waals surface area (Å²) >= 11 is 0. The number of hydrazone groups is 1. The van der Waals surface area contributed by atoms with Crippen molar-refractivity contribution >= 4 is 18.0 Å². The molecule has 1 aromatic rings. The number of rotatable bonds is 4. The fraction of sp³-hybridized carbons (Fsp3) is 0.526. The van der Waals surface area contributed by atoms with Crippen molar-refractivity contribution in [2.75, 3.05) is 26.3 Å². The standard InChI is InChI=1S/C19H21N3O4/c23-18-16-12-1-2-13(9-12)17(16)19(24)22(18)20-10-14-3-4-15(26-14)11-21-5-7-25-8-6-21/h1-4,10,12-13,16-17H,5-9,11H2/b20-10+. The van der Waals surface area contributed by atoms with Crippen molar-refractivity contribution in [2.45, 2.75) is 13.0 Å². The van der Waals surface area contributed by atoms with Gasteiger partial charge in [-0.05, 0) is 30.4 Å². The Balaban J connectivity index is 1.26. The molecule has 3 fully saturated rings. The van der Waals surface area contributed by atoms with Crippen LogP contribution < -0.4 is 0 Å². The number of morpholine rings is 1. The summed E-state index contributed by atoms with van der Waals surface area (Å²) in [7, 11) is 0. The van der Waals surface area contributed by atoms with E-state index in [2.05, 4.69) is 22.2 Å². The summed E-state index contributed by atoms with van der Waals surface area (Å²) in [6, 6.07) is 3.72. The van der Waals surface area contributed by atoms with Crippen molar-refractivity contribution < 1.29 is 18.7 Å². The molecule has 4 aliphatic rings. The Hall–Kier alpha value is -2.25. The van der Waals surface area contributed by atoms with E-state index in [1.807, 2.05) is 12.1 Å². The van der Waals surface area contributed by atoms with E-state index >= 15 is 0 Å². The number of imide groups is 1. The maximum Gasteiger partial charge on any atom is 0.254 e. The van der Waals surface area contributed by atoms with Gasteiger partial charge in [0.2, 0.25) is 0 Å². The normalized spacial score (nSPS) is 33.8. The van der Waals surface area contributed by atoms with Crippen LogP contribution in [-0.4, -0.2) is 54.2 Å². The van der Waals surface area contributed by atoms with Crippen molar-refractivity contribution in [1.82, 2.24) is 9.91 Å². The molecular weight excluding hydrogens is 334 g/mol. The highest BCUT2D eigenvalue weighted by molar-refractivity contribution is 6.06. The lowest BCUT2D eigenvalue weighted by Gasteiger charge is -2.25. The number of allylic oxidation sites excluding steroid dienone is 2.